The topological polar surface area (TPSA) is 27.1 Å². The molecule has 1 aromatic heterocycles. The maximum atomic E-state index is 12.5. The van der Waals surface area contributed by atoms with Gasteiger partial charge in [0.2, 0.25) is 0 Å². The Bertz CT molecular complexity index is 346. The Morgan fingerprint density at radius 1 is 1.33 bits per heavy atom. The second-order valence-electron chi connectivity index (χ2n) is 3.82. The van der Waals surface area contributed by atoms with Crippen LogP contribution in [-0.2, 0) is 17.5 Å². The number of hydrogen-bond acceptors (Lipinski definition) is 2. The second kappa shape index (κ2) is 7.41. The van der Waals surface area contributed by atoms with Crippen LogP contribution in [0.3, 0.4) is 0 Å². The van der Waals surface area contributed by atoms with Crippen molar-refractivity contribution in [2.75, 3.05) is 13.7 Å². The molecular weight excluding hydrogens is 245 g/mol. The van der Waals surface area contributed by atoms with Crippen LogP contribution in [-0.4, -0.2) is 23.5 Å². The Labute approximate surface area is 106 Å². The zero-order valence-corrected chi connectivity index (χ0v) is 11.5. The van der Waals surface area contributed by atoms with E-state index in [1.165, 1.54) is 11.8 Å². The quantitative estimate of drug-likeness (QED) is 0.831. The van der Waals surface area contributed by atoms with Crippen LogP contribution in [0.2, 0.25) is 0 Å². The van der Waals surface area contributed by atoms with Crippen LogP contribution in [0.4, 0.5) is 13.2 Å². The van der Waals surface area contributed by atoms with Gasteiger partial charge in [-0.3, -0.25) is 4.68 Å². The highest BCUT2D eigenvalue weighted by Gasteiger charge is 2.35. The Hall–Kier alpha value is -1.04. The van der Waals surface area contributed by atoms with Gasteiger partial charge in [-0.15, -0.1) is 0 Å². The van der Waals surface area contributed by atoms with Crippen LogP contribution in [0, 0.1) is 0 Å². The molecule has 0 spiro atoms. The van der Waals surface area contributed by atoms with Crippen molar-refractivity contribution in [2.45, 2.75) is 46.3 Å². The first-order chi connectivity index (χ1) is 8.36. The molecule has 0 radical (unpaired) electrons. The smallest absolute Gasteiger partial charge is 0.383 e. The Morgan fingerprint density at radius 3 is 2.28 bits per heavy atom. The van der Waals surface area contributed by atoms with Gasteiger partial charge in [-0.2, -0.15) is 18.3 Å². The van der Waals surface area contributed by atoms with Crippen LogP contribution < -0.4 is 0 Å². The molecule has 0 aliphatic heterocycles. The van der Waals surface area contributed by atoms with Gasteiger partial charge in [0.25, 0.3) is 0 Å². The van der Waals surface area contributed by atoms with E-state index in [-0.39, 0.29) is 5.92 Å². The number of hydrogen-bond donors (Lipinski definition) is 0. The van der Waals surface area contributed by atoms with Gasteiger partial charge in [0.1, 0.15) is 0 Å². The highest BCUT2D eigenvalue weighted by atomic mass is 19.4. The number of methoxy groups -OCH3 is 1. The van der Waals surface area contributed by atoms with Crippen molar-refractivity contribution in [3.05, 3.63) is 17.5 Å². The van der Waals surface area contributed by atoms with Crippen molar-refractivity contribution in [1.29, 1.82) is 0 Å². The van der Waals surface area contributed by atoms with Gasteiger partial charge in [0.15, 0.2) is 5.69 Å². The molecule has 0 saturated carbocycles. The fraction of sp³-hybridized carbons (Fsp3) is 0.750. The molecule has 1 heterocycles. The number of nitrogens with zero attached hydrogens (tertiary/aromatic N) is 2. The molecule has 0 atom stereocenters. The number of aromatic nitrogens is 2. The molecule has 18 heavy (non-hydrogen) atoms. The molecule has 0 bridgehead atoms. The van der Waals surface area contributed by atoms with E-state index in [0.29, 0.717) is 18.8 Å². The fourth-order valence-electron chi connectivity index (χ4n) is 1.39. The standard InChI is InChI=1S/C10H15F3N2O.C2H6/c1-7(2)8-6-9(10(11,12)13)14-15(8)4-5-16-3;1-2/h6-7H,4-5H2,1-3H3;1-2H3. The van der Waals surface area contributed by atoms with E-state index in [9.17, 15) is 13.2 Å². The van der Waals surface area contributed by atoms with Gasteiger partial charge in [-0.1, -0.05) is 27.7 Å². The fourth-order valence-corrected chi connectivity index (χ4v) is 1.39. The number of ether oxygens (including phenoxy) is 1. The molecule has 1 aromatic rings. The summed E-state index contributed by atoms with van der Waals surface area (Å²) in [6.07, 6.45) is -4.39. The SMILES string of the molecule is CC.COCCn1nc(C(F)(F)F)cc1C(C)C. The first kappa shape index (κ1) is 17.0. The molecule has 6 heteroatoms. The van der Waals surface area contributed by atoms with Gasteiger partial charge >= 0.3 is 6.18 Å². The number of rotatable bonds is 4. The minimum atomic E-state index is -4.39. The number of halogens is 3. The van der Waals surface area contributed by atoms with Crippen molar-refractivity contribution in [3.8, 4) is 0 Å². The van der Waals surface area contributed by atoms with Gasteiger partial charge in [0.05, 0.1) is 13.2 Å². The van der Waals surface area contributed by atoms with Gasteiger partial charge in [-0.25, -0.2) is 0 Å². The average molecular weight is 266 g/mol. The van der Waals surface area contributed by atoms with Gasteiger partial charge in [-0.05, 0) is 12.0 Å². The summed E-state index contributed by atoms with van der Waals surface area (Å²) in [5.41, 5.74) is -0.267. The number of alkyl halides is 3. The van der Waals surface area contributed by atoms with Crippen molar-refractivity contribution < 1.29 is 17.9 Å². The van der Waals surface area contributed by atoms with Crippen LogP contribution in [0.1, 0.15) is 45.0 Å². The third kappa shape index (κ3) is 4.68. The molecular formula is C12H21F3N2O. The normalized spacial score (nSPS) is 11.4. The lowest BCUT2D eigenvalue weighted by atomic mass is 10.1. The highest BCUT2D eigenvalue weighted by molar-refractivity contribution is 5.16. The van der Waals surface area contributed by atoms with E-state index >= 15 is 0 Å². The minimum absolute atomic E-state index is 0.000422. The van der Waals surface area contributed by atoms with Gasteiger partial charge < -0.3 is 4.74 Å². The first-order valence-electron chi connectivity index (χ1n) is 6.00. The molecule has 106 valence electrons. The average Bonchev–Trinajstić information content (AvgIpc) is 2.73. The molecule has 0 N–H and O–H groups in total. The summed E-state index contributed by atoms with van der Waals surface area (Å²) in [4.78, 5) is 0. The molecule has 0 saturated heterocycles. The summed E-state index contributed by atoms with van der Waals surface area (Å²) in [5.74, 6) is 0.000422. The zero-order valence-electron chi connectivity index (χ0n) is 11.5. The van der Waals surface area contributed by atoms with Crippen LogP contribution in [0.25, 0.3) is 0 Å². The zero-order chi connectivity index (χ0) is 14.3. The van der Waals surface area contributed by atoms with Gasteiger partial charge in [0, 0.05) is 12.8 Å². The van der Waals surface area contributed by atoms with E-state index in [1.807, 2.05) is 27.7 Å². The Balaban J connectivity index is 0.00000137. The molecule has 0 amide bonds. The summed E-state index contributed by atoms with van der Waals surface area (Å²) in [6, 6.07) is 1.10. The predicted octanol–water partition coefficient (Wildman–Crippen LogP) is 3.70. The van der Waals surface area contributed by atoms with Crippen molar-refractivity contribution in [3.63, 3.8) is 0 Å². The summed E-state index contributed by atoms with van der Waals surface area (Å²) < 4.78 is 43.6. The summed E-state index contributed by atoms with van der Waals surface area (Å²) in [5, 5.41) is 3.55. The lowest BCUT2D eigenvalue weighted by Gasteiger charge is -2.08. The molecule has 0 unspecified atom stereocenters. The van der Waals surface area contributed by atoms with Crippen LogP contribution in [0.15, 0.2) is 6.07 Å². The van der Waals surface area contributed by atoms with E-state index in [4.69, 9.17) is 4.74 Å². The molecule has 0 aliphatic rings. The lowest BCUT2D eigenvalue weighted by molar-refractivity contribution is -0.141. The minimum Gasteiger partial charge on any atom is -0.383 e. The maximum Gasteiger partial charge on any atom is 0.435 e. The molecule has 0 aliphatic carbocycles. The van der Waals surface area contributed by atoms with Crippen molar-refractivity contribution in [1.82, 2.24) is 9.78 Å². The second-order valence-corrected chi connectivity index (χ2v) is 3.82. The largest absolute Gasteiger partial charge is 0.435 e. The third-order valence-electron chi connectivity index (χ3n) is 2.20. The summed E-state index contributed by atoms with van der Waals surface area (Å²) in [7, 11) is 1.50. The predicted molar refractivity (Wildman–Crippen MR) is 64.5 cm³/mol. The first-order valence-corrected chi connectivity index (χ1v) is 6.00. The van der Waals surface area contributed by atoms with E-state index in [1.54, 1.807) is 0 Å². The van der Waals surface area contributed by atoms with Crippen molar-refractivity contribution in [2.24, 2.45) is 0 Å². The third-order valence-corrected chi connectivity index (χ3v) is 2.20. The Kier molecular flexibility index (Phi) is 6.98. The monoisotopic (exact) mass is 266 g/mol. The summed E-state index contributed by atoms with van der Waals surface area (Å²) >= 11 is 0. The molecule has 0 fully saturated rings. The van der Waals surface area contributed by atoms with Crippen molar-refractivity contribution >= 4 is 0 Å². The molecule has 1 rings (SSSR count). The highest BCUT2D eigenvalue weighted by Crippen LogP contribution is 2.30. The summed E-state index contributed by atoms with van der Waals surface area (Å²) in [6.45, 7) is 8.35. The maximum absolute atomic E-state index is 12.5. The van der Waals surface area contributed by atoms with Crippen LogP contribution >= 0.6 is 0 Å². The Morgan fingerprint density at radius 2 is 1.89 bits per heavy atom. The van der Waals surface area contributed by atoms with Crippen LogP contribution in [0.5, 0.6) is 0 Å². The van der Waals surface area contributed by atoms with E-state index < -0.39 is 11.9 Å². The lowest BCUT2D eigenvalue weighted by Crippen LogP contribution is -2.12. The molecule has 3 nitrogen and oxygen atoms in total. The molecule has 0 aromatic carbocycles. The van der Waals surface area contributed by atoms with E-state index in [2.05, 4.69) is 5.10 Å². The van der Waals surface area contributed by atoms with E-state index in [0.717, 1.165) is 6.07 Å².